The SMILES string of the molecule is O=[N+]([O-])CCc1ccc(Oc2ccc(CC[N+](=O)[O-])cc2)cc1. The van der Waals surface area contributed by atoms with E-state index in [1.54, 1.807) is 48.5 Å². The summed E-state index contributed by atoms with van der Waals surface area (Å²) in [7, 11) is 0. The molecular formula is C16H16N2O5. The van der Waals surface area contributed by atoms with Gasteiger partial charge in [-0.05, 0) is 35.4 Å². The summed E-state index contributed by atoms with van der Waals surface area (Å²) in [5.74, 6) is 1.26. The summed E-state index contributed by atoms with van der Waals surface area (Å²) in [6.45, 7) is -0.183. The van der Waals surface area contributed by atoms with Crippen LogP contribution in [0.1, 0.15) is 11.1 Å². The molecule has 0 aromatic heterocycles. The van der Waals surface area contributed by atoms with Crippen LogP contribution in [-0.4, -0.2) is 22.9 Å². The highest BCUT2D eigenvalue weighted by Gasteiger charge is 2.03. The Morgan fingerprint density at radius 1 is 0.696 bits per heavy atom. The second kappa shape index (κ2) is 7.88. The molecule has 0 bridgehead atoms. The summed E-state index contributed by atoms with van der Waals surface area (Å²) in [5, 5.41) is 20.7. The number of benzene rings is 2. The lowest BCUT2D eigenvalue weighted by atomic mass is 10.1. The zero-order chi connectivity index (χ0) is 16.7. The maximum Gasteiger partial charge on any atom is 0.207 e. The van der Waals surface area contributed by atoms with Gasteiger partial charge in [-0.2, -0.15) is 0 Å². The standard InChI is InChI=1S/C16H16N2O5/c19-17(20)11-9-13-1-5-15(6-2-13)23-16-7-3-14(4-8-16)10-12-18(21)22/h1-8H,9-12H2. The Hall–Kier alpha value is -2.96. The highest BCUT2D eigenvalue weighted by Crippen LogP contribution is 2.22. The number of nitro groups is 2. The van der Waals surface area contributed by atoms with Crippen LogP contribution < -0.4 is 4.74 Å². The lowest BCUT2D eigenvalue weighted by molar-refractivity contribution is -0.479. The number of hydrogen-bond acceptors (Lipinski definition) is 5. The molecule has 0 unspecified atom stereocenters. The van der Waals surface area contributed by atoms with Crippen LogP contribution >= 0.6 is 0 Å². The Balaban J connectivity index is 1.91. The topological polar surface area (TPSA) is 95.5 Å². The summed E-state index contributed by atoms with van der Waals surface area (Å²) >= 11 is 0. The molecule has 7 nitrogen and oxygen atoms in total. The van der Waals surface area contributed by atoms with Crippen LogP contribution in [0.15, 0.2) is 48.5 Å². The largest absolute Gasteiger partial charge is 0.457 e. The third-order valence-corrected chi connectivity index (χ3v) is 3.25. The first kappa shape index (κ1) is 16.4. The first-order valence-corrected chi connectivity index (χ1v) is 7.12. The van der Waals surface area contributed by atoms with Crippen molar-refractivity contribution in [1.82, 2.24) is 0 Å². The first-order valence-electron chi connectivity index (χ1n) is 7.12. The molecule has 0 amide bonds. The van der Waals surface area contributed by atoms with Crippen molar-refractivity contribution in [1.29, 1.82) is 0 Å². The second-order valence-electron chi connectivity index (χ2n) is 5.00. The Morgan fingerprint density at radius 2 is 1.04 bits per heavy atom. The van der Waals surface area contributed by atoms with Gasteiger partial charge in [-0.25, -0.2) is 0 Å². The summed E-state index contributed by atoms with van der Waals surface area (Å²) < 4.78 is 5.67. The molecule has 0 fully saturated rings. The summed E-state index contributed by atoms with van der Waals surface area (Å²) in [4.78, 5) is 20.0. The van der Waals surface area contributed by atoms with Gasteiger partial charge in [-0.3, -0.25) is 20.2 Å². The molecule has 7 heteroatoms. The van der Waals surface area contributed by atoms with Crippen molar-refractivity contribution < 1.29 is 14.6 Å². The minimum absolute atomic E-state index is 0.0915. The van der Waals surface area contributed by atoms with Crippen LogP contribution in [0, 0.1) is 20.2 Å². The predicted octanol–water partition coefficient (Wildman–Crippen LogP) is 3.12. The molecule has 0 saturated carbocycles. The third kappa shape index (κ3) is 5.74. The van der Waals surface area contributed by atoms with Crippen molar-refractivity contribution in [2.24, 2.45) is 0 Å². The molecule has 0 saturated heterocycles. The fourth-order valence-corrected chi connectivity index (χ4v) is 2.03. The van der Waals surface area contributed by atoms with E-state index in [9.17, 15) is 20.2 Å². The second-order valence-corrected chi connectivity index (χ2v) is 5.00. The van der Waals surface area contributed by atoms with Gasteiger partial charge in [0.15, 0.2) is 0 Å². The molecule has 2 rings (SSSR count). The average molecular weight is 316 g/mol. The Morgan fingerprint density at radius 3 is 1.35 bits per heavy atom. The quantitative estimate of drug-likeness (QED) is 0.550. The number of rotatable bonds is 8. The van der Waals surface area contributed by atoms with Gasteiger partial charge in [0.2, 0.25) is 13.1 Å². The maximum absolute atomic E-state index is 10.3. The van der Waals surface area contributed by atoms with Crippen molar-refractivity contribution in [3.8, 4) is 11.5 Å². The van der Waals surface area contributed by atoms with Crippen LogP contribution in [0.2, 0.25) is 0 Å². The molecule has 0 radical (unpaired) electrons. The zero-order valence-corrected chi connectivity index (χ0v) is 12.4. The fraction of sp³-hybridized carbons (Fsp3) is 0.250. The first-order chi connectivity index (χ1) is 11.0. The normalized spacial score (nSPS) is 10.3. The van der Waals surface area contributed by atoms with E-state index in [0.29, 0.717) is 24.3 Å². The van der Waals surface area contributed by atoms with Gasteiger partial charge in [-0.15, -0.1) is 0 Å². The van der Waals surface area contributed by atoms with E-state index in [1.165, 1.54) is 0 Å². The predicted molar refractivity (Wildman–Crippen MR) is 84.1 cm³/mol. The molecule has 0 aliphatic rings. The molecule has 0 spiro atoms. The summed E-state index contributed by atoms with van der Waals surface area (Å²) in [6.07, 6.45) is 0.775. The Kier molecular flexibility index (Phi) is 5.62. The lowest BCUT2D eigenvalue weighted by Crippen LogP contribution is -2.03. The lowest BCUT2D eigenvalue weighted by Gasteiger charge is -2.07. The van der Waals surface area contributed by atoms with E-state index in [0.717, 1.165) is 11.1 Å². The van der Waals surface area contributed by atoms with Crippen molar-refractivity contribution in [3.63, 3.8) is 0 Å². The van der Waals surface area contributed by atoms with E-state index in [4.69, 9.17) is 4.74 Å². The van der Waals surface area contributed by atoms with Crippen molar-refractivity contribution in [2.75, 3.05) is 13.1 Å². The highest BCUT2D eigenvalue weighted by atomic mass is 16.6. The molecule has 23 heavy (non-hydrogen) atoms. The number of ether oxygens (including phenoxy) is 1. The number of nitrogens with zero attached hydrogens (tertiary/aromatic N) is 2. The molecule has 0 aliphatic heterocycles. The van der Waals surface area contributed by atoms with Gasteiger partial charge < -0.3 is 4.74 Å². The van der Waals surface area contributed by atoms with Crippen LogP contribution in [0.25, 0.3) is 0 Å². The van der Waals surface area contributed by atoms with E-state index in [2.05, 4.69) is 0 Å². The minimum Gasteiger partial charge on any atom is -0.457 e. The van der Waals surface area contributed by atoms with Crippen LogP contribution in [0.3, 0.4) is 0 Å². The Bertz CT molecular complexity index is 608. The Labute approximate surface area is 132 Å². The highest BCUT2D eigenvalue weighted by molar-refractivity contribution is 5.34. The van der Waals surface area contributed by atoms with Crippen molar-refractivity contribution >= 4 is 0 Å². The van der Waals surface area contributed by atoms with Gasteiger partial charge in [0.25, 0.3) is 0 Å². The summed E-state index contributed by atoms with van der Waals surface area (Å²) in [5.41, 5.74) is 1.76. The van der Waals surface area contributed by atoms with E-state index >= 15 is 0 Å². The molecule has 2 aromatic rings. The smallest absolute Gasteiger partial charge is 0.207 e. The summed E-state index contributed by atoms with van der Waals surface area (Å²) in [6, 6.07) is 14.2. The van der Waals surface area contributed by atoms with E-state index < -0.39 is 0 Å². The van der Waals surface area contributed by atoms with Crippen molar-refractivity contribution in [2.45, 2.75) is 12.8 Å². The zero-order valence-electron chi connectivity index (χ0n) is 12.4. The van der Waals surface area contributed by atoms with Crippen LogP contribution in [-0.2, 0) is 12.8 Å². The number of hydrogen-bond donors (Lipinski definition) is 0. The van der Waals surface area contributed by atoms with Crippen LogP contribution in [0.4, 0.5) is 0 Å². The van der Waals surface area contributed by atoms with Gasteiger partial charge in [-0.1, -0.05) is 24.3 Å². The van der Waals surface area contributed by atoms with Crippen LogP contribution in [0.5, 0.6) is 11.5 Å². The van der Waals surface area contributed by atoms with Gasteiger partial charge in [0, 0.05) is 22.7 Å². The molecule has 120 valence electrons. The van der Waals surface area contributed by atoms with Gasteiger partial charge in [0.05, 0.1) is 0 Å². The van der Waals surface area contributed by atoms with Gasteiger partial charge >= 0.3 is 0 Å². The van der Waals surface area contributed by atoms with Gasteiger partial charge in [0.1, 0.15) is 11.5 Å². The van der Waals surface area contributed by atoms with Crippen molar-refractivity contribution in [3.05, 3.63) is 79.9 Å². The van der Waals surface area contributed by atoms with E-state index in [-0.39, 0.29) is 22.9 Å². The molecular weight excluding hydrogens is 300 g/mol. The molecule has 0 aliphatic carbocycles. The molecule has 2 aromatic carbocycles. The maximum atomic E-state index is 10.3. The molecule has 0 heterocycles. The minimum atomic E-state index is -0.342. The fourth-order valence-electron chi connectivity index (χ4n) is 2.03. The third-order valence-electron chi connectivity index (χ3n) is 3.25. The molecule has 0 atom stereocenters. The van der Waals surface area contributed by atoms with E-state index in [1.807, 2.05) is 0 Å². The molecule has 0 N–H and O–H groups in total. The average Bonchev–Trinajstić information content (AvgIpc) is 2.53. The monoisotopic (exact) mass is 316 g/mol.